The van der Waals surface area contributed by atoms with Gasteiger partial charge in [0.05, 0.1) is 6.04 Å². The molecule has 0 fully saturated rings. The predicted octanol–water partition coefficient (Wildman–Crippen LogP) is 0.754. The summed E-state index contributed by atoms with van der Waals surface area (Å²) in [6.45, 7) is 8.08. The lowest BCUT2D eigenvalue weighted by Gasteiger charge is -2.10. The summed E-state index contributed by atoms with van der Waals surface area (Å²) in [5.41, 5.74) is 0. The van der Waals surface area contributed by atoms with E-state index >= 15 is 0 Å². The molecule has 0 bridgehead atoms. The number of nitrogens with zero attached hydrogens (tertiary/aromatic N) is 4. The minimum atomic E-state index is 0.228. The van der Waals surface area contributed by atoms with Crippen molar-refractivity contribution in [2.75, 3.05) is 6.54 Å². The Bertz CT molecular complexity index is 244. The maximum atomic E-state index is 3.99. The highest BCUT2D eigenvalue weighted by atomic mass is 15.5. The molecule has 5 nitrogen and oxygen atoms in total. The number of nitrogens with one attached hydrogen (secondary N) is 1. The summed E-state index contributed by atoms with van der Waals surface area (Å²) in [6, 6.07) is 0.228. The van der Waals surface area contributed by atoms with E-state index in [1.165, 1.54) is 0 Å². The number of hydrogen-bond donors (Lipinski definition) is 1. The average Bonchev–Trinajstić information content (AvgIpc) is 2.54. The van der Waals surface area contributed by atoms with Crippen LogP contribution in [0.25, 0.3) is 0 Å². The summed E-state index contributed by atoms with van der Waals surface area (Å²) in [4.78, 5) is 0. The molecule has 0 saturated carbocycles. The molecule has 0 radical (unpaired) electrons. The maximum Gasteiger partial charge on any atom is 0.167 e. The van der Waals surface area contributed by atoms with Crippen LogP contribution in [0.15, 0.2) is 0 Å². The number of tetrazole rings is 1. The zero-order valence-electron chi connectivity index (χ0n) is 8.49. The normalized spacial score (nSPS) is 13.2. The highest BCUT2D eigenvalue weighted by Gasteiger charge is 2.11. The van der Waals surface area contributed by atoms with E-state index in [2.05, 4.69) is 41.6 Å². The second-order valence-corrected chi connectivity index (χ2v) is 3.04. The van der Waals surface area contributed by atoms with Crippen LogP contribution in [0.5, 0.6) is 0 Å². The molecule has 0 saturated heterocycles. The van der Waals surface area contributed by atoms with Gasteiger partial charge in [-0.2, -0.15) is 0 Å². The molecule has 0 aliphatic heterocycles. The van der Waals surface area contributed by atoms with Gasteiger partial charge >= 0.3 is 0 Å². The Morgan fingerprint density at radius 3 is 2.85 bits per heavy atom. The Hall–Kier alpha value is -0.970. The van der Waals surface area contributed by atoms with Crippen molar-refractivity contribution in [3.8, 4) is 0 Å². The van der Waals surface area contributed by atoms with Gasteiger partial charge in [-0.1, -0.05) is 13.8 Å². The van der Waals surface area contributed by atoms with Crippen molar-refractivity contribution in [1.29, 1.82) is 0 Å². The van der Waals surface area contributed by atoms with Gasteiger partial charge in [-0.05, 0) is 30.3 Å². The highest BCUT2D eigenvalue weighted by Crippen LogP contribution is 2.06. The zero-order valence-corrected chi connectivity index (χ0v) is 8.49. The van der Waals surface area contributed by atoms with E-state index in [0.29, 0.717) is 0 Å². The minimum absolute atomic E-state index is 0.228. The van der Waals surface area contributed by atoms with Crippen molar-refractivity contribution < 1.29 is 0 Å². The second-order valence-electron chi connectivity index (χ2n) is 3.04. The minimum Gasteiger partial charge on any atom is -0.308 e. The van der Waals surface area contributed by atoms with Gasteiger partial charge in [0.25, 0.3) is 0 Å². The SMILES string of the molecule is CCCn1nnnc1C(C)NCC. The number of rotatable bonds is 5. The number of aromatic nitrogens is 4. The van der Waals surface area contributed by atoms with E-state index in [4.69, 9.17) is 0 Å². The first-order valence-corrected chi connectivity index (χ1v) is 4.79. The molecular weight excluding hydrogens is 166 g/mol. The quantitative estimate of drug-likeness (QED) is 0.732. The monoisotopic (exact) mass is 183 g/mol. The van der Waals surface area contributed by atoms with Crippen molar-refractivity contribution in [3.63, 3.8) is 0 Å². The molecule has 0 aliphatic carbocycles. The predicted molar refractivity (Wildman–Crippen MR) is 50.2 cm³/mol. The fourth-order valence-electron chi connectivity index (χ4n) is 1.29. The smallest absolute Gasteiger partial charge is 0.167 e. The van der Waals surface area contributed by atoms with Gasteiger partial charge in [0, 0.05) is 6.54 Å². The topological polar surface area (TPSA) is 55.6 Å². The molecule has 0 amide bonds. The van der Waals surface area contributed by atoms with Crippen LogP contribution >= 0.6 is 0 Å². The Labute approximate surface area is 78.5 Å². The van der Waals surface area contributed by atoms with Gasteiger partial charge in [0.2, 0.25) is 0 Å². The molecule has 74 valence electrons. The van der Waals surface area contributed by atoms with Gasteiger partial charge < -0.3 is 5.32 Å². The van der Waals surface area contributed by atoms with E-state index in [-0.39, 0.29) is 6.04 Å². The van der Waals surface area contributed by atoms with E-state index in [1.807, 2.05) is 4.68 Å². The third-order valence-electron chi connectivity index (χ3n) is 1.89. The van der Waals surface area contributed by atoms with Crippen LogP contribution in [0.1, 0.15) is 39.1 Å². The maximum absolute atomic E-state index is 3.99. The Morgan fingerprint density at radius 2 is 2.23 bits per heavy atom. The second kappa shape index (κ2) is 4.91. The Morgan fingerprint density at radius 1 is 1.46 bits per heavy atom. The van der Waals surface area contributed by atoms with Crippen LogP contribution in [0, 0.1) is 0 Å². The van der Waals surface area contributed by atoms with Crippen molar-refractivity contribution in [1.82, 2.24) is 25.5 Å². The van der Waals surface area contributed by atoms with Gasteiger partial charge in [-0.3, -0.25) is 0 Å². The number of hydrogen-bond acceptors (Lipinski definition) is 4. The molecule has 1 atom stereocenters. The van der Waals surface area contributed by atoms with Crippen LogP contribution in [0.3, 0.4) is 0 Å². The number of aryl methyl sites for hydroxylation is 1. The van der Waals surface area contributed by atoms with Crippen molar-refractivity contribution >= 4 is 0 Å². The van der Waals surface area contributed by atoms with Crippen molar-refractivity contribution in [2.24, 2.45) is 0 Å². The van der Waals surface area contributed by atoms with Crippen molar-refractivity contribution in [2.45, 2.75) is 39.8 Å². The third-order valence-corrected chi connectivity index (χ3v) is 1.89. The Balaban J connectivity index is 2.68. The average molecular weight is 183 g/mol. The standard InChI is InChI=1S/C8H17N5/c1-4-6-13-8(10-11-12-13)7(3)9-5-2/h7,9H,4-6H2,1-3H3. The first-order valence-electron chi connectivity index (χ1n) is 4.79. The fraction of sp³-hybridized carbons (Fsp3) is 0.875. The van der Waals surface area contributed by atoms with E-state index in [9.17, 15) is 0 Å². The molecule has 1 aromatic heterocycles. The summed E-state index contributed by atoms with van der Waals surface area (Å²) in [5, 5.41) is 14.9. The highest BCUT2D eigenvalue weighted by molar-refractivity contribution is 4.88. The van der Waals surface area contributed by atoms with Gasteiger partial charge in [-0.25, -0.2) is 4.68 Å². The van der Waals surface area contributed by atoms with Gasteiger partial charge in [-0.15, -0.1) is 5.10 Å². The van der Waals surface area contributed by atoms with Gasteiger partial charge in [0.1, 0.15) is 0 Å². The van der Waals surface area contributed by atoms with Crippen LogP contribution in [-0.2, 0) is 6.54 Å². The van der Waals surface area contributed by atoms with Crippen LogP contribution in [0.4, 0.5) is 0 Å². The third kappa shape index (κ3) is 2.48. The molecule has 13 heavy (non-hydrogen) atoms. The molecule has 1 unspecified atom stereocenters. The van der Waals surface area contributed by atoms with Crippen molar-refractivity contribution in [3.05, 3.63) is 5.82 Å². The first-order chi connectivity index (χ1) is 6.29. The van der Waals surface area contributed by atoms with Crippen LogP contribution in [-0.4, -0.2) is 26.8 Å². The lowest BCUT2D eigenvalue weighted by Crippen LogP contribution is -2.22. The van der Waals surface area contributed by atoms with Crippen LogP contribution < -0.4 is 5.32 Å². The summed E-state index contributed by atoms with van der Waals surface area (Å²) in [5.74, 6) is 0.920. The molecule has 0 aliphatic rings. The fourth-order valence-corrected chi connectivity index (χ4v) is 1.29. The molecule has 1 N–H and O–H groups in total. The molecule has 5 heteroatoms. The van der Waals surface area contributed by atoms with E-state index in [0.717, 1.165) is 25.3 Å². The largest absolute Gasteiger partial charge is 0.308 e. The molecular formula is C8H17N5. The zero-order chi connectivity index (χ0) is 9.68. The summed E-state index contributed by atoms with van der Waals surface area (Å²) >= 11 is 0. The van der Waals surface area contributed by atoms with Gasteiger partial charge in [0.15, 0.2) is 5.82 Å². The Kier molecular flexibility index (Phi) is 3.82. The lowest BCUT2D eigenvalue weighted by molar-refractivity contribution is 0.491. The van der Waals surface area contributed by atoms with E-state index < -0.39 is 0 Å². The molecule has 1 rings (SSSR count). The summed E-state index contributed by atoms with van der Waals surface area (Å²) in [7, 11) is 0. The lowest BCUT2D eigenvalue weighted by atomic mass is 10.3. The first kappa shape index (κ1) is 10.1. The molecule has 0 aromatic carbocycles. The summed E-state index contributed by atoms with van der Waals surface area (Å²) < 4.78 is 1.85. The molecule has 1 aromatic rings. The van der Waals surface area contributed by atoms with E-state index in [1.54, 1.807) is 0 Å². The molecule has 0 spiro atoms. The molecule has 1 heterocycles. The van der Waals surface area contributed by atoms with Crippen LogP contribution in [0.2, 0.25) is 0 Å². The summed E-state index contributed by atoms with van der Waals surface area (Å²) in [6.07, 6.45) is 1.05.